The second-order valence-electron chi connectivity index (χ2n) is 7.41. The topological polar surface area (TPSA) is 61.9 Å². The fraction of sp³-hybridized carbons (Fsp3) is 0.600. The van der Waals surface area contributed by atoms with Crippen molar-refractivity contribution < 1.29 is 14.3 Å². The number of piperazine rings is 1. The quantitative estimate of drug-likeness (QED) is 0.843. The highest BCUT2D eigenvalue weighted by atomic mass is 35.5. The maximum absolute atomic E-state index is 13.2. The van der Waals surface area contributed by atoms with E-state index in [0.717, 1.165) is 31.5 Å². The van der Waals surface area contributed by atoms with Gasteiger partial charge < -0.3 is 19.9 Å². The molecule has 2 heterocycles. The van der Waals surface area contributed by atoms with Crippen LogP contribution < -0.4 is 5.32 Å². The van der Waals surface area contributed by atoms with Crippen molar-refractivity contribution in [3.05, 3.63) is 35.4 Å². The van der Waals surface area contributed by atoms with Crippen LogP contribution in [0.15, 0.2) is 24.3 Å². The molecule has 0 aliphatic carbocycles. The molecule has 27 heavy (non-hydrogen) atoms. The van der Waals surface area contributed by atoms with Gasteiger partial charge in [0.2, 0.25) is 5.91 Å². The number of nitrogens with zero attached hydrogens (tertiary/aromatic N) is 2. The first kappa shape index (κ1) is 21.7. The Bertz CT molecular complexity index is 631. The lowest BCUT2D eigenvalue weighted by Crippen LogP contribution is -2.57. The molecule has 0 aromatic heterocycles. The first-order chi connectivity index (χ1) is 12.6. The highest BCUT2D eigenvalue weighted by Crippen LogP contribution is 2.32. The Labute approximate surface area is 167 Å². The molecule has 150 valence electrons. The number of halogens is 1. The number of rotatable bonds is 4. The van der Waals surface area contributed by atoms with Gasteiger partial charge in [-0.25, -0.2) is 0 Å². The number of carbonyl (C=O) groups excluding carboxylic acids is 2. The number of ether oxygens (including phenoxy) is 1. The second kappa shape index (κ2) is 9.53. The van der Waals surface area contributed by atoms with Crippen LogP contribution >= 0.6 is 12.4 Å². The third-order valence-electron chi connectivity index (χ3n) is 5.59. The summed E-state index contributed by atoms with van der Waals surface area (Å²) in [5.41, 5.74) is 1.44. The molecule has 2 aliphatic heterocycles. The minimum absolute atomic E-state index is 0. The van der Waals surface area contributed by atoms with Gasteiger partial charge in [0.15, 0.2) is 0 Å². The number of benzene rings is 1. The fourth-order valence-corrected chi connectivity index (χ4v) is 3.93. The zero-order chi connectivity index (χ0) is 18.6. The molecule has 2 fully saturated rings. The van der Waals surface area contributed by atoms with Crippen LogP contribution in [0.3, 0.4) is 0 Å². The molecule has 7 heteroatoms. The van der Waals surface area contributed by atoms with Crippen LogP contribution in [0.2, 0.25) is 0 Å². The minimum atomic E-state index is -0.414. The first-order valence-electron chi connectivity index (χ1n) is 9.41. The highest BCUT2D eigenvalue weighted by Gasteiger charge is 2.43. The van der Waals surface area contributed by atoms with Crippen LogP contribution in [-0.4, -0.2) is 74.6 Å². The van der Waals surface area contributed by atoms with Crippen molar-refractivity contribution >= 4 is 24.2 Å². The van der Waals surface area contributed by atoms with Crippen molar-refractivity contribution in [3.63, 3.8) is 0 Å². The standard InChI is InChI=1S/C20H29N3O3.ClH/c1-16-3-5-17(6-4-16)18(24)22-11-13-23(14-12-22)19(25)20(15-26-2)7-9-21-10-8-20;/h3-6,21H,7-15H2,1-2H3;1H. The summed E-state index contributed by atoms with van der Waals surface area (Å²) in [5, 5.41) is 3.32. The zero-order valence-corrected chi connectivity index (χ0v) is 17.0. The van der Waals surface area contributed by atoms with Gasteiger partial charge in [-0.05, 0) is 45.0 Å². The van der Waals surface area contributed by atoms with E-state index < -0.39 is 5.41 Å². The van der Waals surface area contributed by atoms with E-state index in [4.69, 9.17) is 4.74 Å². The molecular formula is C20H30ClN3O3. The van der Waals surface area contributed by atoms with Gasteiger partial charge in [0.05, 0.1) is 12.0 Å². The summed E-state index contributed by atoms with van der Waals surface area (Å²) in [6, 6.07) is 7.66. The van der Waals surface area contributed by atoms with Gasteiger partial charge in [-0.15, -0.1) is 12.4 Å². The first-order valence-corrected chi connectivity index (χ1v) is 9.41. The largest absolute Gasteiger partial charge is 0.384 e. The summed E-state index contributed by atoms with van der Waals surface area (Å²) in [6.45, 7) is 6.53. The lowest BCUT2D eigenvalue weighted by atomic mass is 9.78. The number of aryl methyl sites for hydroxylation is 1. The average molecular weight is 396 g/mol. The van der Waals surface area contributed by atoms with E-state index >= 15 is 0 Å². The number of amides is 2. The van der Waals surface area contributed by atoms with Crippen molar-refractivity contribution in [1.82, 2.24) is 15.1 Å². The van der Waals surface area contributed by atoms with Gasteiger partial charge in [-0.2, -0.15) is 0 Å². The summed E-state index contributed by atoms with van der Waals surface area (Å²) in [4.78, 5) is 29.6. The molecule has 6 nitrogen and oxygen atoms in total. The fourth-order valence-electron chi connectivity index (χ4n) is 3.93. The zero-order valence-electron chi connectivity index (χ0n) is 16.2. The smallest absolute Gasteiger partial charge is 0.253 e. The minimum Gasteiger partial charge on any atom is -0.384 e. The van der Waals surface area contributed by atoms with Crippen LogP contribution in [0, 0.1) is 12.3 Å². The van der Waals surface area contributed by atoms with Crippen molar-refractivity contribution in [2.75, 3.05) is 53.0 Å². The molecule has 0 unspecified atom stereocenters. The van der Waals surface area contributed by atoms with Gasteiger partial charge in [0.25, 0.3) is 5.91 Å². The Kier molecular flexibility index (Phi) is 7.65. The number of carbonyl (C=O) groups is 2. The summed E-state index contributed by atoms with van der Waals surface area (Å²) >= 11 is 0. The molecule has 0 bridgehead atoms. The normalized spacial score (nSPS) is 19.3. The summed E-state index contributed by atoms with van der Waals surface area (Å²) in [5.74, 6) is 0.230. The van der Waals surface area contributed by atoms with Crippen LogP contribution in [0.25, 0.3) is 0 Å². The average Bonchev–Trinajstić information content (AvgIpc) is 2.68. The van der Waals surface area contributed by atoms with Crippen LogP contribution in [0.1, 0.15) is 28.8 Å². The Hall–Kier alpha value is -1.63. The monoisotopic (exact) mass is 395 g/mol. The predicted molar refractivity (Wildman–Crippen MR) is 107 cm³/mol. The van der Waals surface area contributed by atoms with Gasteiger partial charge in [-0.3, -0.25) is 9.59 Å². The Morgan fingerprint density at radius 1 is 1.04 bits per heavy atom. The predicted octanol–water partition coefficient (Wildman–Crippen LogP) is 1.72. The lowest BCUT2D eigenvalue weighted by Gasteiger charge is -2.42. The van der Waals surface area contributed by atoms with Crippen LogP contribution in [-0.2, 0) is 9.53 Å². The molecule has 0 atom stereocenters. The van der Waals surface area contributed by atoms with E-state index in [1.54, 1.807) is 7.11 Å². The number of methoxy groups -OCH3 is 1. The lowest BCUT2D eigenvalue weighted by molar-refractivity contribution is -0.149. The van der Waals surface area contributed by atoms with E-state index in [2.05, 4.69) is 5.32 Å². The molecule has 1 N–H and O–H groups in total. The van der Waals surface area contributed by atoms with E-state index in [1.807, 2.05) is 41.0 Å². The van der Waals surface area contributed by atoms with Crippen molar-refractivity contribution in [1.29, 1.82) is 0 Å². The molecule has 0 saturated carbocycles. The summed E-state index contributed by atoms with van der Waals surface area (Å²) in [7, 11) is 1.66. The SMILES string of the molecule is COCC1(C(=O)N2CCN(C(=O)c3ccc(C)cc3)CC2)CCNCC1.Cl. The van der Waals surface area contributed by atoms with Gasteiger partial charge in [0.1, 0.15) is 0 Å². The highest BCUT2D eigenvalue weighted by molar-refractivity contribution is 5.94. The maximum Gasteiger partial charge on any atom is 0.253 e. The van der Waals surface area contributed by atoms with E-state index in [1.165, 1.54) is 0 Å². The van der Waals surface area contributed by atoms with Gasteiger partial charge in [0, 0.05) is 38.9 Å². The van der Waals surface area contributed by atoms with Crippen LogP contribution in [0.5, 0.6) is 0 Å². The Morgan fingerprint density at radius 2 is 1.59 bits per heavy atom. The molecule has 2 amide bonds. The molecule has 1 aromatic carbocycles. The van der Waals surface area contributed by atoms with E-state index in [-0.39, 0.29) is 24.2 Å². The summed E-state index contributed by atoms with van der Waals surface area (Å²) < 4.78 is 5.38. The third kappa shape index (κ3) is 4.81. The van der Waals surface area contributed by atoms with E-state index in [0.29, 0.717) is 38.3 Å². The second-order valence-corrected chi connectivity index (χ2v) is 7.41. The molecule has 1 aromatic rings. The van der Waals surface area contributed by atoms with Crippen molar-refractivity contribution in [2.24, 2.45) is 5.41 Å². The number of nitrogens with one attached hydrogen (secondary N) is 1. The number of hydrogen-bond donors (Lipinski definition) is 1. The molecule has 2 aliphatic rings. The van der Waals surface area contributed by atoms with Gasteiger partial charge >= 0.3 is 0 Å². The molecule has 0 radical (unpaired) electrons. The Balaban J connectivity index is 0.00000261. The van der Waals surface area contributed by atoms with E-state index in [9.17, 15) is 9.59 Å². The Morgan fingerprint density at radius 3 is 2.15 bits per heavy atom. The van der Waals surface area contributed by atoms with Gasteiger partial charge in [-0.1, -0.05) is 17.7 Å². The van der Waals surface area contributed by atoms with Crippen molar-refractivity contribution in [2.45, 2.75) is 19.8 Å². The summed E-state index contributed by atoms with van der Waals surface area (Å²) in [6.07, 6.45) is 1.62. The van der Waals surface area contributed by atoms with Crippen molar-refractivity contribution in [3.8, 4) is 0 Å². The molecular weight excluding hydrogens is 366 g/mol. The third-order valence-corrected chi connectivity index (χ3v) is 5.59. The number of piperidine rings is 1. The molecule has 0 spiro atoms. The maximum atomic E-state index is 13.2. The molecule has 3 rings (SSSR count). The van der Waals surface area contributed by atoms with Crippen LogP contribution in [0.4, 0.5) is 0 Å². The number of hydrogen-bond acceptors (Lipinski definition) is 4. The molecule has 2 saturated heterocycles.